The number of benzene rings is 1. The van der Waals surface area contributed by atoms with Gasteiger partial charge in [0.1, 0.15) is 10.8 Å². The van der Waals surface area contributed by atoms with Gasteiger partial charge in [0.2, 0.25) is 0 Å². The summed E-state index contributed by atoms with van der Waals surface area (Å²) in [5, 5.41) is 4.99. The van der Waals surface area contributed by atoms with E-state index in [0.717, 1.165) is 10.6 Å². The normalized spacial score (nSPS) is 11.7. The van der Waals surface area contributed by atoms with Crippen molar-refractivity contribution in [1.29, 1.82) is 0 Å². The maximum absolute atomic E-state index is 12.2. The number of carbonyl (C=O) groups excluding carboxylic acids is 2. The van der Waals surface area contributed by atoms with E-state index in [1.165, 1.54) is 24.5 Å². The fourth-order valence-corrected chi connectivity index (χ4v) is 2.88. The molecule has 2 aromatic heterocycles. The lowest BCUT2D eigenvalue weighted by atomic mass is 10.2. The van der Waals surface area contributed by atoms with Gasteiger partial charge in [-0.3, -0.25) is 4.79 Å². The molecule has 2 heterocycles. The van der Waals surface area contributed by atoms with Gasteiger partial charge >= 0.3 is 5.97 Å². The van der Waals surface area contributed by atoms with Crippen LogP contribution in [0.25, 0.3) is 10.6 Å². The summed E-state index contributed by atoms with van der Waals surface area (Å²) in [5.41, 5.74) is 1.12. The smallest absolute Gasteiger partial charge is 0.358 e. The van der Waals surface area contributed by atoms with Crippen LogP contribution in [0.4, 0.5) is 0 Å². The maximum atomic E-state index is 12.2. The number of nitrogens with zero attached hydrogens (tertiary/aromatic N) is 1. The Bertz CT molecular complexity index is 843. The van der Waals surface area contributed by atoms with E-state index in [4.69, 9.17) is 9.15 Å². The topological polar surface area (TPSA) is 81.4 Å². The Morgan fingerprint density at radius 1 is 1.24 bits per heavy atom. The number of hydrogen-bond acceptors (Lipinski definition) is 6. The molecule has 3 aromatic rings. The van der Waals surface area contributed by atoms with E-state index < -0.39 is 18.0 Å². The number of rotatable bonds is 6. The van der Waals surface area contributed by atoms with Gasteiger partial charge in [-0.2, -0.15) is 0 Å². The molecule has 0 fully saturated rings. The lowest BCUT2D eigenvalue weighted by Crippen LogP contribution is -2.35. The van der Waals surface area contributed by atoms with Crippen LogP contribution in [0, 0.1) is 0 Å². The number of carbonyl (C=O) groups is 2. The highest BCUT2D eigenvalue weighted by Crippen LogP contribution is 2.23. The molecule has 6 nitrogen and oxygen atoms in total. The molecule has 0 saturated carbocycles. The Balaban J connectivity index is 1.56. The first-order valence-electron chi connectivity index (χ1n) is 7.65. The van der Waals surface area contributed by atoms with E-state index >= 15 is 0 Å². The molecular weight excluding hydrogens is 340 g/mol. The van der Waals surface area contributed by atoms with Gasteiger partial charge < -0.3 is 14.5 Å². The molecule has 25 heavy (non-hydrogen) atoms. The van der Waals surface area contributed by atoms with Gasteiger partial charge in [-0.05, 0) is 19.1 Å². The minimum atomic E-state index is -0.927. The van der Waals surface area contributed by atoms with Crippen molar-refractivity contribution in [3.05, 3.63) is 65.6 Å². The van der Waals surface area contributed by atoms with E-state index in [1.54, 1.807) is 17.5 Å². The van der Waals surface area contributed by atoms with Crippen molar-refractivity contribution < 1.29 is 18.7 Å². The monoisotopic (exact) mass is 356 g/mol. The van der Waals surface area contributed by atoms with E-state index in [-0.39, 0.29) is 12.2 Å². The van der Waals surface area contributed by atoms with E-state index in [9.17, 15) is 9.59 Å². The Labute approximate surface area is 148 Å². The van der Waals surface area contributed by atoms with Crippen LogP contribution in [0.15, 0.2) is 58.5 Å². The summed E-state index contributed by atoms with van der Waals surface area (Å²) in [5.74, 6) is -0.402. The summed E-state index contributed by atoms with van der Waals surface area (Å²) in [7, 11) is 0. The van der Waals surface area contributed by atoms with E-state index in [1.807, 2.05) is 30.3 Å². The number of aromatic nitrogens is 1. The highest BCUT2D eigenvalue weighted by atomic mass is 32.1. The van der Waals surface area contributed by atoms with Gasteiger partial charge in [0.15, 0.2) is 11.8 Å². The summed E-state index contributed by atoms with van der Waals surface area (Å²) in [6.07, 6.45) is 0.599. The molecule has 0 aliphatic rings. The van der Waals surface area contributed by atoms with Crippen molar-refractivity contribution in [3.63, 3.8) is 0 Å². The minimum absolute atomic E-state index is 0.189. The first-order chi connectivity index (χ1) is 12.1. The van der Waals surface area contributed by atoms with Crippen molar-refractivity contribution >= 4 is 23.2 Å². The first-order valence-corrected chi connectivity index (χ1v) is 8.53. The van der Waals surface area contributed by atoms with Crippen molar-refractivity contribution in [2.75, 3.05) is 0 Å². The number of esters is 1. The number of nitrogens with one attached hydrogen (secondary N) is 1. The van der Waals surface area contributed by atoms with Gasteiger partial charge in [-0.15, -0.1) is 11.3 Å². The van der Waals surface area contributed by atoms with Crippen molar-refractivity contribution in [3.8, 4) is 10.6 Å². The van der Waals surface area contributed by atoms with Crippen LogP contribution in [0.3, 0.4) is 0 Å². The molecule has 0 spiro atoms. The molecule has 0 saturated heterocycles. The highest BCUT2D eigenvalue weighted by Gasteiger charge is 2.21. The summed E-state index contributed by atoms with van der Waals surface area (Å²) >= 11 is 1.35. The quantitative estimate of drug-likeness (QED) is 0.686. The summed E-state index contributed by atoms with van der Waals surface area (Å²) in [6.45, 7) is 1.75. The van der Waals surface area contributed by atoms with Crippen LogP contribution >= 0.6 is 11.3 Å². The lowest BCUT2D eigenvalue weighted by Gasteiger charge is -2.12. The van der Waals surface area contributed by atoms with Crippen LogP contribution < -0.4 is 5.32 Å². The third kappa shape index (κ3) is 4.33. The number of thiazole rings is 1. The fourth-order valence-electron chi connectivity index (χ4n) is 2.09. The van der Waals surface area contributed by atoms with Gasteiger partial charge in [0.25, 0.3) is 5.91 Å². The largest absolute Gasteiger partial charge is 0.467 e. The third-order valence-corrected chi connectivity index (χ3v) is 4.30. The molecule has 0 bridgehead atoms. The first kappa shape index (κ1) is 16.9. The molecule has 0 aliphatic carbocycles. The van der Waals surface area contributed by atoms with Gasteiger partial charge in [0.05, 0.1) is 12.8 Å². The Hall–Kier alpha value is -2.93. The van der Waals surface area contributed by atoms with Crippen LogP contribution in [-0.2, 0) is 16.1 Å². The fraction of sp³-hybridized carbons (Fsp3) is 0.167. The van der Waals surface area contributed by atoms with E-state index in [0.29, 0.717) is 5.76 Å². The molecule has 1 aromatic carbocycles. The zero-order valence-corrected chi connectivity index (χ0v) is 14.3. The van der Waals surface area contributed by atoms with Crippen LogP contribution in [-0.4, -0.2) is 23.0 Å². The molecule has 1 atom stereocenters. The van der Waals surface area contributed by atoms with Crippen molar-refractivity contribution in [1.82, 2.24) is 10.3 Å². The minimum Gasteiger partial charge on any atom is -0.467 e. The zero-order valence-electron chi connectivity index (χ0n) is 13.5. The number of ether oxygens (including phenoxy) is 1. The summed E-state index contributed by atoms with van der Waals surface area (Å²) < 4.78 is 10.3. The van der Waals surface area contributed by atoms with Crippen LogP contribution in [0.1, 0.15) is 23.2 Å². The molecule has 0 aliphatic heterocycles. The van der Waals surface area contributed by atoms with Crippen LogP contribution in [0.5, 0.6) is 0 Å². The number of amides is 1. The second-order valence-corrected chi connectivity index (χ2v) is 6.11. The summed E-state index contributed by atoms with van der Waals surface area (Å²) in [4.78, 5) is 28.4. The molecule has 0 unspecified atom stereocenters. The second-order valence-electron chi connectivity index (χ2n) is 5.25. The predicted molar refractivity (Wildman–Crippen MR) is 93.0 cm³/mol. The molecule has 3 rings (SSSR count). The van der Waals surface area contributed by atoms with Gasteiger partial charge in [-0.25, -0.2) is 9.78 Å². The summed E-state index contributed by atoms with van der Waals surface area (Å²) in [6, 6.07) is 13.0. The average molecular weight is 356 g/mol. The molecule has 0 radical (unpaired) electrons. The average Bonchev–Trinajstić information content (AvgIpc) is 3.32. The van der Waals surface area contributed by atoms with Crippen molar-refractivity contribution in [2.24, 2.45) is 0 Å². The maximum Gasteiger partial charge on any atom is 0.358 e. The Kier molecular flexibility index (Phi) is 5.25. The van der Waals surface area contributed by atoms with E-state index in [2.05, 4.69) is 10.3 Å². The molecule has 128 valence electrons. The Morgan fingerprint density at radius 2 is 2.04 bits per heavy atom. The number of hydrogen-bond donors (Lipinski definition) is 1. The van der Waals surface area contributed by atoms with Crippen LogP contribution in [0.2, 0.25) is 0 Å². The predicted octanol–water partition coefficient (Wildman–Crippen LogP) is 3.26. The number of furan rings is 1. The molecular formula is C18H16N2O4S. The molecule has 1 N–H and O–H groups in total. The second kappa shape index (κ2) is 7.76. The molecule has 1 amide bonds. The van der Waals surface area contributed by atoms with Gasteiger partial charge in [0, 0.05) is 10.9 Å². The molecule has 7 heteroatoms. The van der Waals surface area contributed by atoms with Gasteiger partial charge in [-0.1, -0.05) is 30.3 Å². The third-order valence-electron chi connectivity index (χ3n) is 3.40. The SMILES string of the molecule is C[C@@H](OC(=O)c1csc(-c2ccccc2)n1)C(=O)NCc1ccco1. The Morgan fingerprint density at radius 3 is 2.76 bits per heavy atom. The highest BCUT2D eigenvalue weighted by molar-refractivity contribution is 7.13. The zero-order chi connectivity index (χ0) is 17.6. The van der Waals surface area contributed by atoms with Crippen molar-refractivity contribution in [2.45, 2.75) is 19.6 Å². The lowest BCUT2D eigenvalue weighted by molar-refractivity contribution is -0.129. The standard InChI is InChI=1S/C18H16N2O4S/c1-12(16(21)19-10-14-8-5-9-23-14)24-18(22)15-11-25-17(20-15)13-6-3-2-4-7-13/h2-9,11-12H,10H2,1H3,(H,19,21)/t12-/m1/s1.